The number of carbonyl (C=O) groups is 2. The number of nitrogens with one attached hydrogen (secondary N) is 2. The number of fused-ring (bicyclic) bond motifs is 2. The summed E-state index contributed by atoms with van der Waals surface area (Å²) in [6.45, 7) is 2.88. The van der Waals surface area contributed by atoms with Crippen molar-refractivity contribution in [1.29, 1.82) is 0 Å². The Bertz CT molecular complexity index is 1040. The number of aryl methyl sites for hydroxylation is 1. The first-order chi connectivity index (χ1) is 13.1. The number of aromatic nitrogens is 2. The highest BCUT2D eigenvalue weighted by Crippen LogP contribution is 2.26. The summed E-state index contributed by atoms with van der Waals surface area (Å²) in [6, 6.07) is 7.83. The van der Waals surface area contributed by atoms with Gasteiger partial charge in [0.2, 0.25) is 0 Å². The Morgan fingerprint density at radius 2 is 2.15 bits per heavy atom. The van der Waals surface area contributed by atoms with E-state index in [1.807, 2.05) is 31.2 Å². The van der Waals surface area contributed by atoms with Gasteiger partial charge in [0.15, 0.2) is 0 Å². The minimum atomic E-state index is -0.371. The number of benzene rings is 1. The fourth-order valence-corrected chi connectivity index (χ4v) is 3.56. The lowest BCUT2D eigenvalue weighted by molar-refractivity contribution is 0.102. The molecule has 7 nitrogen and oxygen atoms in total. The van der Waals surface area contributed by atoms with Crippen LogP contribution in [0.2, 0.25) is 0 Å². The van der Waals surface area contributed by atoms with Crippen LogP contribution < -0.4 is 5.32 Å². The van der Waals surface area contributed by atoms with E-state index in [9.17, 15) is 9.59 Å². The number of ether oxygens (including phenoxy) is 1. The van der Waals surface area contributed by atoms with Gasteiger partial charge < -0.3 is 19.9 Å². The van der Waals surface area contributed by atoms with Crippen molar-refractivity contribution in [2.24, 2.45) is 0 Å². The third-order valence-corrected chi connectivity index (χ3v) is 4.86. The van der Waals surface area contributed by atoms with Gasteiger partial charge in [0, 0.05) is 30.0 Å². The van der Waals surface area contributed by atoms with Crippen molar-refractivity contribution in [2.75, 3.05) is 19.0 Å². The van der Waals surface area contributed by atoms with E-state index < -0.39 is 0 Å². The maximum atomic E-state index is 12.9. The first-order valence-corrected chi connectivity index (χ1v) is 8.75. The molecule has 0 saturated heterocycles. The van der Waals surface area contributed by atoms with Crippen molar-refractivity contribution >= 4 is 28.6 Å². The van der Waals surface area contributed by atoms with Gasteiger partial charge in [0.05, 0.1) is 30.4 Å². The number of nitrogens with zero attached hydrogens (tertiary/aromatic N) is 2. The number of aromatic amines is 1. The molecule has 2 aromatic heterocycles. The fraction of sp³-hybridized carbons (Fsp3) is 0.250. The van der Waals surface area contributed by atoms with Gasteiger partial charge in [0.25, 0.3) is 5.91 Å². The van der Waals surface area contributed by atoms with Crippen LogP contribution in [0.25, 0.3) is 10.9 Å². The van der Waals surface area contributed by atoms with Gasteiger partial charge in [-0.1, -0.05) is 12.1 Å². The third-order valence-electron chi connectivity index (χ3n) is 4.86. The largest absolute Gasteiger partial charge is 0.453 e. The summed E-state index contributed by atoms with van der Waals surface area (Å²) in [4.78, 5) is 33.8. The zero-order chi connectivity index (χ0) is 19.0. The number of rotatable bonds is 2. The molecule has 0 bridgehead atoms. The molecule has 0 unspecified atom stereocenters. The Morgan fingerprint density at radius 3 is 2.96 bits per heavy atom. The standard InChI is InChI=1S/C20H20N4O3/c1-12-8-13-4-3-5-17(18(13)22-12)23-19(25)16-10-21-9-14-11-24(20(26)27-2)7-6-15(14)16/h3-5,8-10,22H,6-7,11H2,1-2H3,(H,23,25). The maximum Gasteiger partial charge on any atom is 0.409 e. The summed E-state index contributed by atoms with van der Waals surface area (Å²) in [5.41, 5.74) is 5.00. The van der Waals surface area contributed by atoms with E-state index in [-0.39, 0.29) is 12.0 Å². The van der Waals surface area contributed by atoms with E-state index in [1.165, 1.54) is 7.11 Å². The molecule has 3 aromatic rings. The lowest BCUT2D eigenvalue weighted by Crippen LogP contribution is -2.36. The molecular formula is C20H20N4O3. The van der Waals surface area contributed by atoms with E-state index in [0.29, 0.717) is 25.1 Å². The smallest absolute Gasteiger partial charge is 0.409 e. The second kappa shape index (κ2) is 6.75. The molecule has 1 aliphatic heterocycles. The molecule has 0 fully saturated rings. The monoisotopic (exact) mass is 364 g/mol. The summed E-state index contributed by atoms with van der Waals surface area (Å²) in [6.07, 6.45) is 3.50. The molecule has 2 N–H and O–H groups in total. The molecule has 3 heterocycles. The van der Waals surface area contributed by atoms with E-state index in [4.69, 9.17) is 4.74 Å². The van der Waals surface area contributed by atoms with E-state index in [1.54, 1.807) is 17.3 Å². The molecule has 4 rings (SSSR count). The number of pyridine rings is 1. The van der Waals surface area contributed by atoms with Gasteiger partial charge in [-0.25, -0.2) is 4.79 Å². The quantitative estimate of drug-likeness (QED) is 0.731. The van der Waals surface area contributed by atoms with Crippen molar-refractivity contribution in [3.05, 3.63) is 59.0 Å². The number of anilines is 1. The molecule has 2 amide bonds. The van der Waals surface area contributed by atoms with Crippen molar-refractivity contribution in [2.45, 2.75) is 19.9 Å². The molecule has 0 atom stereocenters. The van der Waals surface area contributed by atoms with Crippen molar-refractivity contribution in [3.63, 3.8) is 0 Å². The first kappa shape index (κ1) is 17.1. The van der Waals surface area contributed by atoms with Crippen LogP contribution in [-0.2, 0) is 17.7 Å². The number of hydrogen-bond donors (Lipinski definition) is 2. The topological polar surface area (TPSA) is 87.3 Å². The van der Waals surface area contributed by atoms with Gasteiger partial charge in [-0.2, -0.15) is 0 Å². The van der Waals surface area contributed by atoms with E-state index in [2.05, 4.69) is 15.3 Å². The molecule has 0 aliphatic carbocycles. The summed E-state index contributed by atoms with van der Waals surface area (Å²) in [7, 11) is 1.36. The minimum absolute atomic E-state index is 0.203. The average molecular weight is 364 g/mol. The third kappa shape index (κ3) is 3.12. The Labute approximate surface area is 156 Å². The van der Waals surface area contributed by atoms with Crippen LogP contribution in [-0.4, -0.2) is 40.5 Å². The van der Waals surface area contributed by atoms with Crippen LogP contribution in [0.1, 0.15) is 27.2 Å². The predicted octanol–water partition coefficient (Wildman–Crippen LogP) is 3.25. The van der Waals surface area contributed by atoms with Crippen molar-refractivity contribution in [1.82, 2.24) is 14.9 Å². The Hall–Kier alpha value is -3.35. The van der Waals surface area contributed by atoms with Crippen LogP contribution in [0.15, 0.2) is 36.7 Å². The lowest BCUT2D eigenvalue weighted by Gasteiger charge is -2.28. The summed E-state index contributed by atoms with van der Waals surface area (Å²) < 4.78 is 4.79. The van der Waals surface area contributed by atoms with Gasteiger partial charge in [0.1, 0.15) is 0 Å². The molecular weight excluding hydrogens is 344 g/mol. The van der Waals surface area contributed by atoms with Gasteiger partial charge in [-0.05, 0) is 36.6 Å². The van der Waals surface area contributed by atoms with Crippen molar-refractivity contribution < 1.29 is 14.3 Å². The molecule has 1 aliphatic rings. The van der Waals surface area contributed by atoms with E-state index in [0.717, 1.165) is 33.4 Å². The fourth-order valence-electron chi connectivity index (χ4n) is 3.56. The molecule has 7 heteroatoms. The lowest BCUT2D eigenvalue weighted by atomic mass is 9.97. The number of methoxy groups -OCH3 is 1. The van der Waals surface area contributed by atoms with Crippen LogP contribution in [0.5, 0.6) is 0 Å². The molecule has 0 spiro atoms. The van der Waals surface area contributed by atoms with Gasteiger partial charge >= 0.3 is 6.09 Å². The number of H-pyrrole nitrogens is 1. The zero-order valence-electron chi connectivity index (χ0n) is 15.2. The second-order valence-electron chi connectivity index (χ2n) is 6.64. The van der Waals surface area contributed by atoms with Crippen LogP contribution >= 0.6 is 0 Å². The zero-order valence-corrected chi connectivity index (χ0v) is 15.2. The molecule has 0 saturated carbocycles. The molecule has 138 valence electrons. The number of carbonyl (C=O) groups excluding carboxylic acids is 2. The summed E-state index contributed by atoms with van der Waals surface area (Å²) in [5.74, 6) is -0.203. The van der Waals surface area contributed by atoms with Gasteiger partial charge in [-0.3, -0.25) is 9.78 Å². The molecule has 27 heavy (non-hydrogen) atoms. The highest BCUT2D eigenvalue weighted by molar-refractivity contribution is 6.09. The highest BCUT2D eigenvalue weighted by atomic mass is 16.5. The SMILES string of the molecule is COC(=O)N1CCc2c(cncc2C(=O)Nc2cccc3cc(C)[nH]c23)C1. The molecule has 0 radical (unpaired) electrons. The van der Waals surface area contributed by atoms with Crippen LogP contribution in [0.4, 0.5) is 10.5 Å². The minimum Gasteiger partial charge on any atom is -0.453 e. The summed E-state index contributed by atoms with van der Waals surface area (Å²) >= 11 is 0. The Balaban J connectivity index is 1.62. The maximum absolute atomic E-state index is 12.9. The first-order valence-electron chi connectivity index (χ1n) is 8.75. The van der Waals surface area contributed by atoms with Crippen molar-refractivity contribution in [3.8, 4) is 0 Å². The number of para-hydroxylation sites is 1. The number of hydrogen-bond acceptors (Lipinski definition) is 4. The van der Waals surface area contributed by atoms with Crippen LogP contribution in [0.3, 0.4) is 0 Å². The second-order valence-corrected chi connectivity index (χ2v) is 6.64. The Morgan fingerprint density at radius 1 is 1.30 bits per heavy atom. The predicted molar refractivity (Wildman–Crippen MR) is 102 cm³/mol. The van der Waals surface area contributed by atoms with E-state index >= 15 is 0 Å². The normalized spacial score (nSPS) is 13.3. The summed E-state index contributed by atoms with van der Waals surface area (Å²) in [5, 5.41) is 4.04. The highest BCUT2D eigenvalue weighted by Gasteiger charge is 2.25. The number of amides is 2. The average Bonchev–Trinajstić information content (AvgIpc) is 3.07. The Kier molecular flexibility index (Phi) is 4.27. The van der Waals surface area contributed by atoms with Gasteiger partial charge in [-0.15, -0.1) is 0 Å². The molecule has 1 aromatic carbocycles. The van der Waals surface area contributed by atoms with Crippen LogP contribution in [0, 0.1) is 6.92 Å².